The zero-order valence-corrected chi connectivity index (χ0v) is 9.69. The third-order valence-electron chi connectivity index (χ3n) is 2.30. The van der Waals surface area contributed by atoms with Crippen molar-refractivity contribution in [1.29, 1.82) is 0 Å². The Balaban J connectivity index is 2.66. The molecule has 0 saturated heterocycles. The number of phenolic OH excluding ortho intramolecular Hbond substituents is 1. The molecule has 4 nitrogen and oxygen atoms in total. The van der Waals surface area contributed by atoms with Gasteiger partial charge in [0.25, 0.3) is 5.91 Å². The molecule has 0 heterocycles. The average Bonchev–Trinajstić information content (AvgIpc) is 2.26. The lowest BCUT2D eigenvalue weighted by molar-refractivity contribution is 0.0954. The number of hydrazone groups is 1. The first-order valence-electron chi connectivity index (χ1n) is 5.14. The van der Waals surface area contributed by atoms with Crippen molar-refractivity contribution in [2.45, 2.75) is 20.8 Å². The molecule has 0 aliphatic heterocycles. The molecule has 0 atom stereocenters. The van der Waals surface area contributed by atoms with Crippen LogP contribution < -0.4 is 5.43 Å². The number of carbonyl (C=O) groups excluding carboxylic acids is 1. The van der Waals surface area contributed by atoms with E-state index in [-0.39, 0.29) is 11.7 Å². The fraction of sp³-hybridized carbons (Fsp3) is 0.333. The lowest BCUT2D eigenvalue weighted by atomic mass is 10.1. The van der Waals surface area contributed by atoms with Gasteiger partial charge in [0.1, 0.15) is 5.75 Å². The molecule has 0 aromatic heterocycles. The van der Waals surface area contributed by atoms with Gasteiger partial charge in [-0.1, -0.05) is 13.8 Å². The number of amides is 1. The highest BCUT2D eigenvalue weighted by Gasteiger charge is 2.04. The van der Waals surface area contributed by atoms with Crippen molar-refractivity contribution in [2.75, 3.05) is 0 Å². The Labute approximate surface area is 95.0 Å². The SMILES string of the molecule is CC(=NNC(=O)c1ccc(O)cc1)C(C)C. The zero-order valence-electron chi connectivity index (χ0n) is 9.69. The van der Waals surface area contributed by atoms with Crippen LogP contribution >= 0.6 is 0 Å². The monoisotopic (exact) mass is 220 g/mol. The van der Waals surface area contributed by atoms with Crippen molar-refractivity contribution in [3.63, 3.8) is 0 Å². The summed E-state index contributed by atoms with van der Waals surface area (Å²) in [5.74, 6) is 0.165. The van der Waals surface area contributed by atoms with Crippen LogP contribution in [0.15, 0.2) is 29.4 Å². The standard InChI is InChI=1S/C12H16N2O2/c1-8(2)9(3)13-14-12(16)10-4-6-11(15)7-5-10/h4-8,15H,1-3H3,(H,14,16). The smallest absolute Gasteiger partial charge is 0.271 e. The Morgan fingerprint density at radius 2 is 1.88 bits per heavy atom. The second-order valence-corrected chi connectivity index (χ2v) is 3.90. The minimum Gasteiger partial charge on any atom is -0.508 e. The molecule has 0 spiro atoms. The maximum Gasteiger partial charge on any atom is 0.271 e. The summed E-state index contributed by atoms with van der Waals surface area (Å²) in [6.07, 6.45) is 0. The predicted molar refractivity (Wildman–Crippen MR) is 63.5 cm³/mol. The lowest BCUT2D eigenvalue weighted by Gasteiger charge is -2.04. The molecule has 16 heavy (non-hydrogen) atoms. The first kappa shape index (κ1) is 12.2. The van der Waals surface area contributed by atoms with Crippen molar-refractivity contribution >= 4 is 11.6 Å². The maximum atomic E-state index is 11.6. The molecule has 0 aliphatic rings. The Hall–Kier alpha value is -1.84. The molecule has 0 fully saturated rings. The number of hydrogen-bond donors (Lipinski definition) is 2. The molecule has 1 aromatic carbocycles. The normalized spacial score (nSPS) is 11.6. The van der Waals surface area contributed by atoms with E-state index in [2.05, 4.69) is 10.5 Å². The van der Waals surface area contributed by atoms with E-state index in [9.17, 15) is 4.79 Å². The van der Waals surface area contributed by atoms with Crippen molar-refractivity contribution in [3.05, 3.63) is 29.8 Å². The van der Waals surface area contributed by atoms with Crippen molar-refractivity contribution in [1.82, 2.24) is 5.43 Å². The van der Waals surface area contributed by atoms with E-state index >= 15 is 0 Å². The highest BCUT2D eigenvalue weighted by molar-refractivity contribution is 5.95. The molecule has 0 unspecified atom stereocenters. The van der Waals surface area contributed by atoms with Gasteiger partial charge in [0.2, 0.25) is 0 Å². The van der Waals surface area contributed by atoms with Crippen LogP contribution in [0.25, 0.3) is 0 Å². The fourth-order valence-electron chi connectivity index (χ4n) is 0.945. The van der Waals surface area contributed by atoms with Crippen molar-refractivity contribution in [3.8, 4) is 5.75 Å². The van der Waals surface area contributed by atoms with Gasteiger partial charge in [0.15, 0.2) is 0 Å². The van der Waals surface area contributed by atoms with Gasteiger partial charge >= 0.3 is 0 Å². The Morgan fingerprint density at radius 3 is 2.38 bits per heavy atom. The van der Waals surface area contributed by atoms with Gasteiger partial charge in [-0.05, 0) is 37.1 Å². The Bertz CT molecular complexity index is 394. The number of hydrogen-bond acceptors (Lipinski definition) is 3. The minimum atomic E-state index is -0.278. The number of phenols is 1. The topological polar surface area (TPSA) is 61.7 Å². The number of rotatable bonds is 3. The van der Waals surface area contributed by atoms with Crippen LogP contribution in [0.4, 0.5) is 0 Å². The molecular weight excluding hydrogens is 204 g/mol. The van der Waals surface area contributed by atoms with Crippen LogP contribution in [0.1, 0.15) is 31.1 Å². The van der Waals surface area contributed by atoms with Crippen LogP contribution in [-0.4, -0.2) is 16.7 Å². The Morgan fingerprint density at radius 1 is 1.31 bits per heavy atom. The van der Waals surface area contributed by atoms with Crippen LogP contribution in [0.3, 0.4) is 0 Å². The van der Waals surface area contributed by atoms with E-state index in [0.29, 0.717) is 11.5 Å². The summed E-state index contributed by atoms with van der Waals surface area (Å²) in [5.41, 5.74) is 3.81. The summed E-state index contributed by atoms with van der Waals surface area (Å²) in [6, 6.07) is 6.03. The van der Waals surface area contributed by atoms with Gasteiger partial charge in [-0.3, -0.25) is 4.79 Å². The quantitative estimate of drug-likeness (QED) is 0.605. The summed E-state index contributed by atoms with van der Waals surface area (Å²) in [4.78, 5) is 11.6. The van der Waals surface area contributed by atoms with Gasteiger partial charge in [-0.15, -0.1) is 0 Å². The number of benzene rings is 1. The number of aromatic hydroxyl groups is 1. The van der Waals surface area contributed by atoms with Gasteiger partial charge in [-0.25, -0.2) is 5.43 Å². The van der Waals surface area contributed by atoms with Crippen LogP contribution in [0.5, 0.6) is 5.75 Å². The van der Waals surface area contributed by atoms with E-state index in [1.54, 1.807) is 12.1 Å². The molecule has 2 N–H and O–H groups in total. The van der Waals surface area contributed by atoms with E-state index < -0.39 is 0 Å². The zero-order chi connectivity index (χ0) is 12.1. The first-order valence-corrected chi connectivity index (χ1v) is 5.14. The van der Waals surface area contributed by atoms with Gasteiger partial charge in [0.05, 0.1) is 0 Å². The van der Waals surface area contributed by atoms with Gasteiger partial charge in [0, 0.05) is 11.3 Å². The lowest BCUT2D eigenvalue weighted by Crippen LogP contribution is -2.20. The summed E-state index contributed by atoms with van der Waals surface area (Å²) < 4.78 is 0. The largest absolute Gasteiger partial charge is 0.508 e. The molecule has 0 bridgehead atoms. The highest BCUT2D eigenvalue weighted by Crippen LogP contribution is 2.09. The number of carbonyl (C=O) groups is 1. The van der Waals surface area contributed by atoms with E-state index in [0.717, 1.165) is 5.71 Å². The molecule has 1 amide bonds. The van der Waals surface area contributed by atoms with Crippen molar-refractivity contribution in [2.24, 2.45) is 11.0 Å². The maximum absolute atomic E-state index is 11.6. The van der Waals surface area contributed by atoms with Crippen LogP contribution in [0.2, 0.25) is 0 Å². The highest BCUT2D eigenvalue weighted by atomic mass is 16.3. The number of nitrogens with zero attached hydrogens (tertiary/aromatic N) is 1. The van der Waals surface area contributed by atoms with Gasteiger partial charge in [-0.2, -0.15) is 5.10 Å². The van der Waals surface area contributed by atoms with E-state index in [1.807, 2.05) is 20.8 Å². The molecule has 86 valence electrons. The molecule has 0 saturated carbocycles. The second kappa shape index (κ2) is 5.30. The molecule has 1 rings (SSSR count). The molecule has 0 radical (unpaired) electrons. The molecule has 1 aromatic rings. The Kier molecular flexibility index (Phi) is 4.05. The fourth-order valence-corrected chi connectivity index (χ4v) is 0.945. The van der Waals surface area contributed by atoms with Crippen LogP contribution in [0, 0.1) is 5.92 Å². The summed E-state index contributed by atoms with van der Waals surface area (Å²) in [7, 11) is 0. The van der Waals surface area contributed by atoms with Crippen molar-refractivity contribution < 1.29 is 9.90 Å². The summed E-state index contributed by atoms with van der Waals surface area (Å²) >= 11 is 0. The van der Waals surface area contributed by atoms with E-state index in [1.165, 1.54) is 12.1 Å². The predicted octanol–water partition coefficient (Wildman–Crippen LogP) is 2.15. The third-order valence-corrected chi connectivity index (χ3v) is 2.30. The second-order valence-electron chi connectivity index (χ2n) is 3.90. The van der Waals surface area contributed by atoms with Gasteiger partial charge < -0.3 is 5.11 Å². The first-order chi connectivity index (χ1) is 7.50. The molecule has 0 aliphatic carbocycles. The molecular formula is C12H16N2O2. The van der Waals surface area contributed by atoms with Crippen LogP contribution in [-0.2, 0) is 0 Å². The number of nitrogens with one attached hydrogen (secondary N) is 1. The minimum absolute atomic E-state index is 0.137. The third kappa shape index (κ3) is 3.38. The van der Waals surface area contributed by atoms with E-state index in [4.69, 9.17) is 5.11 Å². The molecule has 4 heteroatoms. The average molecular weight is 220 g/mol. The summed E-state index contributed by atoms with van der Waals surface area (Å²) in [6.45, 7) is 5.87. The summed E-state index contributed by atoms with van der Waals surface area (Å²) in [5, 5.41) is 13.0.